The number of nitrogen functional groups attached to an aromatic ring is 1. The van der Waals surface area contributed by atoms with Gasteiger partial charge in [-0.05, 0) is 24.3 Å². The Labute approximate surface area is 143 Å². The number of imidazole rings is 1. The average molecular weight is 344 g/mol. The van der Waals surface area contributed by atoms with Crippen molar-refractivity contribution >= 4 is 40.7 Å². The molecule has 0 radical (unpaired) electrons. The summed E-state index contributed by atoms with van der Waals surface area (Å²) in [6.45, 7) is 0. The first-order chi connectivity index (χ1) is 11.5. The molecule has 0 unspecified atom stereocenters. The number of aryl methyl sites for hydroxylation is 2. The molecule has 1 aromatic carbocycles. The lowest BCUT2D eigenvalue weighted by Crippen LogP contribution is -2.25. The fourth-order valence-corrected chi connectivity index (χ4v) is 2.27. The molecule has 3 aromatic rings. The second-order valence-electron chi connectivity index (χ2n) is 5.13. The van der Waals surface area contributed by atoms with E-state index in [4.69, 9.17) is 17.3 Å². The maximum Gasteiger partial charge on any atom is 0.421 e. The van der Waals surface area contributed by atoms with E-state index in [1.54, 1.807) is 6.07 Å². The van der Waals surface area contributed by atoms with E-state index < -0.39 is 0 Å². The topological polar surface area (TPSA) is 97.4 Å². The number of halogens is 1. The largest absolute Gasteiger partial charge is 0.421 e. The Kier molecular flexibility index (Phi) is 4.39. The molecule has 3 N–H and O–H groups in total. The molecule has 0 spiro atoms. The van der Waals surface area contributed by atoms with Crippen molar-refractivity contribution < 1.29 is 4.57 Å². The van der Waals surface area contributed by atoms with Crippen LogP contribution in [0, 0.1) is 0 Å². The fourth-order valence-electron chi connectivity index (χ4n) is 2.08. The lowest BCUT2D eigenvalue weighted by molar-refractivity contribution is -0.657. The predicted molar refractivity (Wildman–Crippen MR) is 91.9 cm³/mol. The van der Waals surface area contributed by atoms with Crippen LogP contribution in [0.5, 0.6) is 0 Å². The molecule has 24 heavy (non-hydrogen) atoms. The Morgan fingerprint density at radius 1 is 1.21 bits per heavy atom. The van der Waals surface area contributed by atoms with Gasteiger partial charge < -0.3 is 11.1 Å². The number of aromatic nitrogens is 4. The van der Waals surface area contributed by atoms with Gasteiger partial charge in [-0.1, -0.05) is 16.7 Å². The Hall–Kier alpha value is -3.00. The third-order valence-electron chi connectivity index (χ3n) is 3.25. The van der Waals surface area contributed by atoms with Crippen LogP contribution in [-0.2, 0) is 14.1 Å². The van der Waals surface area contributed by atoms with Gasteiger partial charge in [0.25, 0.3) is 0 Å². The second kappa shape index (κ2) is 6.63. The number of anilines is 3. The van der Waals surface area contributed by atoms with Crippen LogP contribution < -0.4 is 15.6 Å². The molecule has 0 aliphatic carbocycles. The molecule has 8 nitrogen and oxygen atoms in total. The first-order valence-electron chi connectivity index (χ1n) is 7.11. The zero-order valence-corrected chi connectivity index (χ0v) is 13.9. The smallest absolute Gasteiger partial charge is 0.368 e. The van der Waals surface area contributed by atoms with E-state index in [-0.39, 0.29) is 11.1 Å². The van der Waals surface area contributed by atoms with Crippen molar-refractivity contribution in [1.82, 2.24) is 14.5 Å². The van der Waals surface area contributed by atoms with E-state index in [1.807, 2.05) is 59.9 Å². The standard InChI is InChI=1S/C15H15ClN8/c1-23-7-8-24(2)15(23)22-21-11-5-3-10(4-6-11)18-13-9-12(16)19-14(17)20-13/h3-9H,1-2H3,(H2,17,19,20)/p+1. The van der Waals surface area contributed by atoms with Crippen molar-refractivity contribution in [3.8, 4) is 0 Å². The molecular formula is C15H16ClN8+. The highest BCUT2D eigenvalue weighted by Gasteiger charge is 2.10. The Balaban J connectivity index is 1.73. The SMILES string of the molecule is Cn1cc[n+](C)c1N=Nc1ccc(Nc2cc(Cl)nc(N)n2)cc1. The maximum absolute atomic E-state index is 5.85. The molecule has 2 aromatic heterocycles. The fraction of sp³-hybridized carbons (Fsp3) is 0.133. The normalized spacial score (nSPS) is 11.1. The number of nitrogens with one attached hydrogen (secondary N) is 1. The molecular weight excluding hydrogens is 328 g/mol. The minimum Gasteiger partial charge on any atom is -0.368 e. The van der Waals surface area contributed by atoms with Gasteiger partial charge in [-0.25, -0.2) is 14.1 Å². The van der Waals surface area contributed by atoms with Crippen LogP contribution >= 0.6 is 11.6 Å². The number of nitrogens with two attached hydrogens (primary N) is 1. The average Bonchev–Trinajstić information content (AvgIpc) is 2.84. The van der Waals surface area contributed by atoms with Crippen molar-refractivity contribution in [3.05, 3.63) is 47.9 Å². The van der Waals surface area contributed by atoms with E-state index in [1.165, 1.54) is 0 Å². The molecule has 0 saturated carbocycles. The van der Waals surface area contributed by atoms with Crippen molar-refractivity contribution in [2.45, 2.75) is 0 Å². The maximum atomic E-state index is 5.85. The summed E-state index contributed by atoms with van der Waals surface area (Å²) >= 11 is 5.85. The first-order valence-corrected chi connectivity index (χ1v) is 7.49. The van der Waals surface area contributed by atoms with E-state index in [0.29, 0.717) is 5.82 Å². The van der Waals surface area contributed by atoms with Crippen LogP contribution in [0.1, 0.15) is 0 Å². The van der Waals surface area contributed by atoms with Gasteiger partial charge in [-0.2, -0.15) is 4.98 Å². The molecule has 0 fully saturated rings. The summed E-state index contributed by atoms with van der Waals surface area (Å²) in [7, 11) is 3.83. The third kappa shape index (κ3) is 3.66. The molecule has 3 rings (SSSR count). The summed E-state index contributed by atoms with van der Waals surface area (Å²) in [5.41, 5.74) is 7.13. The quantitative estimate of drug-likeness (QED) is 0.432. The number of hydrogen-bond donors (Lipinski definition) is 2. The molecule has 0 atom stereocenters. The number of nitrogens with zero attached hydrogens (tertiary/aromatic N) is 6. The van der Waals surface area contributed by atoms with Gasteiger partial charge in [0.05, 0.1) is 26.5 Å². The monoisotopic (exact) mass is 343 g/mol. The Morgan fingerprint density at radius 3 is 2.58 bits per heavy atom. The van der Waals surface area contributed by atoms with E-state index in [2.05, 4.69) is 25.5 Å². The predicted octanol–water partition coefficient (Wildman–Crippen LogP) is 3.03. The third-order valence-corrected chi connectivity index (χ3v) is 3.45. The highest BCUT2D eigenvalue weighted by atomic mass is 35.5. The van der Waals surface area contributed by atoms with Crippen molar-refractivity contribution in [3.63, 3.8) is 0 Å². The summed E-state index contributed by atoms with van der Waals surface area (Å²) < 4.78 is 3.78. The summed E-state index contributed by atoms with van der Waals surface area (Å²) in [6, 6.07) is 9.03. The van der Waals surface area contributed by atoms with Crippen molar-refractivity contribution in [2.75, 3.05) is 11.1 Å². The Bertz CT molecular complexity index is 845. The molecule has 0 amide bonds. The van der Waals surface area contributed by atoms with Gasteiger partial charge in [0.2, 0.25) is 5.95 Å². The molecule has 0 aliphatic rings. The van der Waals surface area contributed by atoms with Crippen LogP contribution in [0.25, 0.3) is 0 Å². The molecule has 0 aliphatic heterocycles. The molecule has 0 bridgehead atoms. The highest BCUT2D eigenvalue weighted by molar-refractivity contribution is 6.29. The molecule has 2 heterocycles. The minimum absolute atomic E-state index is 0.117. The lowest BCUT2D eigenvalue weighted by Gasteiger charge is -2.06. The number of rotatable bonds is 4. The van der Waals surface area contributed by atoms with Gasteiger partial charge in [0.1, 0.15) is 16.7 Å². The number of azo groups is 1. The summed E-state index contributed by atoms with van der Waals surface area (Å²) in [6.07, 6.45) is 3.83. The van der Waals surface area contributed by atoms with Crippen LogP contribution in [0.4, 0.5) is 29.1 Å². The first kappa shape index (κ1) is 15.9. The zero-order chi connectivity index (χ0) is 17.1. The Morgan fingerprint density at radius 2 is 1.96 bits per heavy atom. The van der Waals surface area contributed by atoms with E-state index in [9.17, 15) is 0 Å². The van der Waals surface area contributed by atoms with Gasteiger partial charge >= 0.3 is 5.95 Å². The zero-order valence-electron chi connectivity index (χ0n) is 13.2. The van der Waals surface area contributed by atoms with Gasteiger partial charge in [-0.3, -0.25) is 0 Å². The van der Waals surface area contributed by atoms with Crippen molar-refractivity contribution in [1.29, 1.82) is 0 Å². The number of hydrogen-bond acceptors (Lipinski definition) is 6. The van der Waals surface area contributed by atoms with Gasteiger partial charge in [0, 0.05) is 16.9 Å². The summed E-state index contributed by atoms with van der Waals surface area (Å²) in [5, 5.41) is 11.9. The molecule has 9 heteroatoms. The van der Waals surface area contributed by atoms with Crippen LogP contribution in [0.2, 0.25) is 5.15 Å². The van der Waals surface area contributed by atoms with Crippen LogP contribution in [0.15, 0.2) is 53.0 Å². The summed E-state index contributed by atoms with van der Waals surface area (Å²) in [5.74, 6) is 1.40. The summed E-state index contributed by atoms with van der Waals surface area (Å²) in [4.78, 5) is 7.88. The van der Waals surface area contributed by atoms with Crippen LogP contribution in [0.3, 0.4) is 0 Å². The van der Waals surface area contributed by atoms with E-state index >= 15 is 0 Å². The van der Waals surface area contributed by atoms with Crippen LogP contribution in [-0.4, -0.2) is 14.5 Å². The van der Waals surface area contributed by atoms with E-state index in [0.717, 1.165) is 17.3 Å². The van der Waals surface area contributed by atoms with Crippen molar-refractivity contribution in [2.24, 2.45) is 24.3 Å². The number of benzene rings is 1. The highest BCUT2D eigenvalue weighted by Crippen LogP contribution is 2.22. The molecule has 122 valence electrons. The minimum atomic E-state index is 0.117. The van der Waals surface area contributed by atoms with Gasteiger partial charge in [0.15, 0.2) is 0 Å². The second-order valence-corrected chi connectivity index (χ2v) is 5.51. The lowest BCUT2D eigenvalue weighted by atomic mass is 10.3. The molecule has 0 saturated heterocycles. The van der Waals surface area contributed by atoms with Gasteiger partial charge in [-0.15, -0.1) is 0 Å².